The van der Waals surface area contributed by atoms with E-state index in [1.54, 1.807) is 24.3 Å². The Bertz CT molecular complexity index is 768. The van der Waals surface area contributed by atoms with Crippen LogP contribution in [0.2, 0.25) is 0 Å². The lowest BCUT2D eigenvalue weighted by atomic mass is 9.85. The van der Waals surface area contributed by atoms with Gasteiger partial charge in [0.2, 0.25) is 0 Å². The normalized spacial score (nSPS) is 30.5. The summed E-state index contributed by atoms with van der Waals surface area (Å²) in [6, 6.07) is 6.75. The molecule has 1 aromatic rings. The van der Waals surface area contributed by atoms with Crippen LogP contribution in [0.3, 0.4) is 0 Å². The number of hydrogen-bond donors (Lipinski definition) is 0. The molecule has 0 aromatic heterocycles. The molecule has 2 amide bonds. The van der Waals surface area contributed by atoms with Crippen molar-refractivity contribution in [1.82, 2.24) is 5.01 Å². The molecule has 1 aromatic carbocycles. The second-order valence-corrected chi connectivity index (χ2v) is 6.40. The Labute approximate surface area is 138 Å². The summed E-state index contributed by atoms with van der Waals surface area (Å²) in [4.78, 5) is 36.0. The number of carbonyl (C=O) groups excluding carboxylic acids is 3. The molecular weight excluding hydrogens is 308 g/mol. The van der Waals surface area contributed by atoms with E-state index in [1.807, 2.05) is 12.2 Å². The minimum atomic E-state index is -0.412. The second kappa shape index (κ2) is 5.40. The minimum Gasteiger partial charge on any atom is -0.427 e. The maximum Gasteiger partial charge on any atom is 0.308 e. The summed E-state index contributed by atoms with van der Waals surface area (Å²) in [6.45, 7) is 1.32. The summed E-state index contributed by atoms with van der Waals surface area (Å²) in [7, 11) is 0. The predicted molar refractivity (Wildman–Crippen MR) is 84.9 cm³/mol. The van der Waals surface area contributed by atoms with E-state index in [9.17, 15) is 14.4 Å². The molecular formula is C18H16N2O4. The zero-order chi connectivity index (χ0) is 16.8. The van der Waals surface area contributed by atoms with Crippen molar-refractivity contribution in [2.75, 3.05) is 0 Å². The molecule has 1 heterocycles. The molecule has 0 N–H and O–H groups in total. The quantitative estimate of drug-likeness (QED) is 0.279. The smallest absolute Gasteiger partial charge is 0.308 e. The highest BCUT2D eigenvalue weighted by molar-refractivity contribution is 6.06. The largest absolute Gasteiger partial charge is 0.427 e. The summed E-state index contributed by atoms with van der Waals surface area (Å²) in [6.07, 6.45) is 6.44. The number of hydrazone groups is 1. The lowest BCUT2D eigenvalue weighted by Gasteiger charge is -2.13. The van der Waals surface area contributed by atoms with Gasteiger partial charge in [-0.25, -0.2) is 0 Å². The van der Waals surface area contributed by atoms with Crippen LogP contribution in [-0.4, -0.2) is 29.0 Å². The average Bonchev–Trinajstić information content (AvgIpc) is 3.20. The van der Waals surface area contributed by atoms with Gasteiger partial charge in [0.25, 0.3) is 11.8 Å². The summed E-state index contributed by atoms with van der Waals surface area (Å²) in [5.74, 6) is -0.611. The van der Waals surface area contributed by atoms with E-state index >= 15 is 0 Å². The van der Waals surface area contributed by atoms with Crippen LogP contribution in [0.1, 0.15) is 18.9 Å². The lowest BCUT2D eigenvalue weighted by Crippen LogP contribution is -2.28. The Hall–Kier alpha value is -2.76. The number of nitrogens with zero attached hydrogens (tertiary/aromatic N) is 2. The number of hydrogen-bond acceptors (Lipinski definition) is 5. The standard InChI is InChI=1S/C18H16N2O4/c1-10(21)24-14-4-2-3-11(7-14)9-19-20-17(22)15-12-5-6-13(8-12)16(15)18(20)23/h2-7,9,12-13,15-16H,8H2,1H3/t12-,13-,15-,16+/m0/s1. The van der Waals surface area contributed by atoms with E-state index < -0.39 is 5.97 Å². The van der Waals surface area contributed by atoms with Crippen LogP contribution in [-0.2, 0) is 14.4 Å². The maximum atomic E-state index is 12.5. The monoisotopic (exact) mass is 324 g/mol. The van der Waals surface area contributed by atoms with Crippen molar-refractivity contribution in [2.45, 2.75) is 13.3 Å². The number of ether oxygens (including phenoxy) is 1. The summed E-state index contributed by atoms with van der Waals surface area (Å²) >= 11 is 0. The first kappa shape index (κ1) is 14.8. The molecule has 2 bridgehead atoms. The van der Waals surface area contributed by atoms with Crippen LogP contribution < -0.4 is 4.74 Å². The maximum absolute atomic E-state index is 12.5. The van der Waals surface area contributed by atoms with Crippen molar-refractivity contribution >= 4 is 24.0 Å². The van der Waals surface area contributed by atoms with Crippen LogP contribution in [0.15, 0.2) is 41.5 Å². The average molecular weight is 324 g/mol. The van der Waals surface area contributed by atoms with Gasteiger partial charge in [-0.1, -0.05) is 24.3 Å². The molecule has 2 aliphatic carbocycles. The number of fused-ring (bicyclic) bond motifs is 5. The number of amides is 2. The van der Waals surface area contributed by atoms with Crippen LogP contribution in [0, 0.1) is 23.7 Å². The van der Waals surface area contributed by atoms with Crippen molar-refractivity contribution in [3.8, 4) is 5.75 Å². The van der Waals surface area contributed by atoms with Crippen LogP contribution in [0.4, 0.5) is 0 Å². The Balaban J connectivity index is 1.54. The number of imide groups is 1. The molecule has 0 spiro atoms. The Morgan fingerprint density at radius 3 is 2.50 bits per heavy atom. The minimum absolute atomic E-state index is 0.170. The Kier molecular flexibility index (Phi) is 3.33. The number of benzene rings is 1. The SMILES string of the molecule is CC(=O)Oc1cccc(C=NN2C(=O)[C@@H]3[C@H](C2=O)[C@H]2C=C[C@H]3C2)c1. The third kappa shape index (κ3) is 2.26. The molecule has 4 atom stereocenters. The van der Waals surface area contributed by atoms with E-state index in [1.165, 1.54) is 13.1 Å². The Morgan fingerprint density at radius 2 is 1.88 bits per heavy atom. The molecule has 24 heavy (non-hydrogen) atoms. The van der Waals surface area contributed by atoms with E-state index in [0.717, 1.165) is 11.4 Å². The highest BCUT2D eigenvalue weighted by atomic mass is 16.5. The first-order chi connectivity index (χ1) is 11.5. The Morgan fingerprint density at radius 1 is 1.21 bits per heavy atom. The van der Waals surface area contributed by atoms with E-state index in [2.05, 4.69) is 5.10 Å². The van der Waals surface area contributed by atoms with Crippen molar-refractivity contribution in [3.05, 3.63) is 42.0 Å². The molecule has 0 unspecified atom stereocenters. The van der Waals surface area contributed by atoms with Gasteiger partial charge in [-0.3, -0.25) is 14.4 Å². The topological polar surface area (TPSA) is 76.0 Å². The molecule has 4 rings (SSSR count). The zero-order valence-corrected chi connectivity index (χ0v) is 13.1. The van der Waals surface area contributed by atoms with Gasteiger partial charge in [-0.05, 0) is 36.0 Å². The van der Waals surface area contributed by atoms with Gasteiger partial charge in [0.1, 0.15) is 5.75 Å². The lowest BCUT2D eigenvalue weighted by molar-refractivity contribution is -0.140. The fraction of sp³-hybridized carbons (Fsp3) is 0.333. The second-order valence-electron chi connectivity index (χ2n) is 6.40. The third-order valence-electron chi connectivity index (χ3n) is 4.89. The highest BCUT2D eigenvalue weighted by Crippen LogP contribution is 2.52. The molecule has 6 nitrogen and oxygen atoms in total. The van der Waals surface area contributed by atoms with Gasteiger partial charge in [0, 0.05) is 6.92 Å². The molecule has 0 radical (unpaired) electrons. The third-order valence-corrected chi connectivity index (χ3v) is 4.89. The number of esters is 1. The van der Waals surface area contributed by atoms with Gasteiger partial charge >= 0.3 is 5.97 Å². The fourth-order valence-electron chi connectivity index (χ4n) is 3.95. The molecule has 1 saturated heterocycles. The molecule has 122 valence electrons. The van der Waals surface area contributed by atoms with Gasteiger partial charge in [0.05, 0.1) is 18.1 Å². The van der Waals surface area contributed by atoms with Crippen molar-refractivity contribution in [1.29, 1.82) is 0 Å². The van der Waals surface area contributed by atoms with Crippen molar-refractivity contribution < 1.29 is 19.1 Å². The molecule has 3 aliphatic rings. The number of rotatable bonds is 3. The van der Waals surface area contributed by atoms with Gasteiger partial charge < -0.3 is 4.74 Å². The molecule has 1 saturated carbocycles. The first-order valence-electron chi connectivity index (χ1n) is 7.93. The van der Waals surface area contributed by atoms with Crippen molar-refractivity contribution in [3.63, 3.8) is 0 Å². The predicted octanol–water partition coefficient (Wildman–Crippen LogP) is 1.75. The number of allylic oxidation sites excluding steroid dienone is 2. The van der Waals surface area contributed by atoms with Gasteiger partial charge in [-0.15, -0.1) is 0 Å². The summed E-state index contributed by atoms with van der Waals surface area (Å²) in [5.41, 5.74) is 0.646. The first-order valence-corrected chi connectivity index (χ1v) is 7.93. The highest BCUT2D eigenvalue weighted by Gasteiger charge is 2.59. The molecule has 2 fully saturated rings. The summed E-state index contributed by atoms with van der Waals surface area (Å²) < 4.78 is 5.01. The van der Waals surface area contributed by atoms with E-state index in [4.69, 9.17) is 4.74 Å². The van der Waals surface area contributed by atoms with Crippen LogP contribution in [0.5, 0.6) is 5.75 Å². The van der Waals surface area contributed by atoms with Crippen molar-refractivity contribution in [2.24, 2.45) is 28.8 Å². The van der Waals surface area contributed by atoms with E-state index in [-0.39, 0.29) is 35.5 Å². The zero-order valence-electron chi connectivity index (χ0n) is 13.1. The van der Waals surface area contributed by atoms with Crippen LogP contribution >= 0.6 is 0 Å². The van der Waals surface area contributed by atoms with Gasteiger partial charge in [0.15, 0.2) is 0 Å². The van der Waals surface area contributed by atoms with Gasteiger partial charge in [-0.2, -0.15) is 10.1 Å². The summed E-state index contributed by atoms with van der Waals surface area (Å²) in [5, 5.41) is 5.10. The number of carbonyl (C=O) groups is 3. The fourth-order valence-corrected chi connectivity index (χ4v) is 3.95. The molecule has 1 aliphatic heterocycles. The molecule has 6 heteroatoms. The van der Waals surface area contributed by atoms with E-state index in [0.29, 0.717) is 11.3 Å². The van der Waals surface area contributed by atoms with Crippen LogP contribution in [0.25, 0.3) is 0 Å².